The van der Waals surface area contributed by atoms with Gasteiger partial charge < -0.3 is 0 Å². The lowest BCUT2D eigenvalue weighted by Crippen LogP contribution is -2.46. The van der Waals surface area contributed by atoms with Gasteiger partial charge in [0.25, 0.3) is 0 Å². The number of rotatable bonds is 4. The molecule has 1 aliphatic heterocycles. The van der Waals surface area contributed by atoms with Gasteiger partial charge in [0.15, 0.2) is 0 Å². The molecule has 1 heterocycles. The maximum atomic E-state index is 12.5. The summed E-state index contributed by atoms with van der Waals surface area (Å²) in [4.78, 5) is 0.250. The molecule has 1 fully saturated rings. The quantitative estimate of drug-likeness (QED) is 0.826. The van der Waals surface area contributed by atoms with Crippen LogP contribution in [0, 0.1) is 0 Å². The van der Waals surface area contributed by atoms with Crippen molar-refractivity contribution < 1.29 is 16.8 Å². The third-order valence-corrected chi connectivity index (χ3v) is 6.49. The van der Waals surface area contributed by atoms with E-state index in [-0.39, 0.29) is 10.9 Å². The van der Waals surface area contributed by atoms with Gasteiger partial charge >= 0.3 is 0 Å². The molecule has 21 heavy (non-hydrogen) atoms. The van der Waals surface area contributed by atoms with Gasteiger partial charge in [-0.2, -0.15) is 4.31 Å². The second-order valence-electron chi connectivity index (χ2n) is 5.02. The van der Waals surface area contributed by atoms with Crippen molar-refractivity contribution in [2.45, 2.75) is 23.8 Å². The predicted molar refractivity (Wildman–Crippen MR) is 83.9 cm³/mol. The Hall–Kier alpha value is -0.480. The van der Waals surface area contributed by atoms with Crippen LogP contribution in [0.1, 0.15) is 12.8 Å². The van der Waals surface area contributed by atoms with E-state index in [9.17, 15) is 16.8 Å². The Kier molecular flexibility index (Phi) is 5.09. The lowest BCUT2D eigenvalue weighted by atomic mass is 10.1. The largest absolute Gasteiger partial charge is 0.243 e. The smallest absolute Gasteiger partial charge is 0.213 e. The van der Waals surface area contributed by atoms with Crippen LogP contribution in [0.5, 0.6) is 0 Å². The fraction of sp³-hybridized carbons (Fsp3) is 0.500. The average Bonchev–Trinajstić information content (AvgIpc) is 2.38. The second kappa shape index (κ2) is 6.33. The van der Waals surface area contributed by atoms with Crippen LogP contribution in [-0.2, 0) is 20.0 Å². The number of piperidine rings is 1. The molecule has 0 radical (unpaired) electrons. The molecule has 0 unspecified atom stereocenters. The lowest BCUT2D eigenvalue weighted by Gasteiger charge is -2.31. The van der Waals surface area contributed by atoms with E-state index in [0.717, 1.165) is 10.7 Å². The molecule has 0 spiro atoms. The summed E-state index contributed by atoms with van der Waals surface area (Å²) in [6.07, 6.45) is 2.06. The Bertz CT molecular complexity index is 693. The summed E-state index contributed by atoms with van der Waals surface area (Å²) < 4.78 is 52.0. The first-order valence-corrected chi connectivity index (χ1v) is 10.5. The van der Waals surface area contributed by atoms with Crippen LogP contribution in [-0.4, -0.2) is 46.5 Å². The zero-order valence-electron chi connectivity index (χ0n) is 11.5. The normalized spacial score (nSPS) is 18.8. The van der Waals surface area contributed by atoms with Crippen LogP contribution in [0.2, 0.25) is 0 Å². The van der Waals surface area contributed by atoms with E-state index in [1.54, 1.807) is 24.3 Å². The molecule has 0 bridgehead atoms. The molecule has 1 saturated heterocycles. The highest BCUT2D eigenvalue weighted by Crippen LogP contribution is 2.22. The van der Waals surface area contributed by atoms with Gasteiger partial charge in [-0.05, 0) is 37.1 Å². The predicted octanol–water partition coefficient (Wildman–Crippen LogP) is 1.15. The van der Waals surface area contributed by atoms with Crippen molar-refractivity contribution in [2.24, 2.45) is 0 Å². The number of halogens is 1. The van der Waals surface area contributed by atoms with Gasteiger partial charge in [0, 0.05) is 23.6 Å². The molecule has 0 aliphatic carbocycles. The summed E-state index contributed by atoms with van der Waals surface area (Å²) in [6, 6.07) is 6.28. The highest BCUT2D eigenvalue weighted by molar-refractivity contribution is 9.10. The zero-order chi connectivity index (χ0) is 15.7. The Morgan fingerprint density at radius 3 is 2.10 bits per heavy atom. The molecule has 0 saturated carbocycles. The van der Waals surface area contributed by atoms with Crippen molar-refractivity contribution in [2.75, 3.05) is 19.3 Å². The molecular weight excluding hydrogens is 380 g/mol. The summed E-state index contributed by atoms with van der Waals surface area (Å²) >= 11 is 3.27. The molecule has 0 aromatic heterocycles. The van der Waals surface area contributed by atoms with E-state index < -0.39 is 20.0 Å². The van der Waals surface area contributed by atoms with Crippen LogP contribution in [0.3, 0.4) is 0 Å². The van der Waals surface area contributed by atoms with Gasteiger partial charge in [-0.3, -0.25) is 0 Å². The molecule has 9 heteroatoms. The van der Waals surface area contributed by atoms with E-state index in [2.05, 4.69) is 20.7 Å². The Balaban J connectivity index is 2.06. The Morgan fingerprint density at radius 1 is 1.10 bits per heavy atom. The van der Waals surface area contributed by atoms with E-state index >= 15 is 0 Å². The molecule has 2 rings (SSSR count). The minimum Gasteiger partial charge on any atom is -0.213 e. The van der Waals surface area contributed by atoms with Crippen molar-refractivity contribution in [3.63, 3.8) is 0 Å². The molecule has 1 N–H and O–H groups in total. The first-order valence-electron chi connectivity index (χ1n) is 6.41. The molecule has 1 aromatic carbocycles. The topological polar surface area (TPSA) is 83.6 Å². The van der Waals surface area contributed by atoms with Gasteiger partial charge in [-0.15, -0.1) is 0 Å². The highest BCUT2D eigenvalue weighted by atomic mass is 79.9. The highest BCUT2D eigenvalue weighted by Gasteiger charge is 2.30. The van der Waals surface area contributed by atoms with Crippen molar-refractivity contribution in [1.82, 2.24) is 9.03 Å². The van der Waals surface area contributed by atoms with E-state index in [4.69, 9.17) is 0 Å². The number of nitrogens with one attached hydrogen (secondary N) is 1. The molecule has 118 valence electrons. The van der Waals surface area contributed by atoms with Crippen LogP contribution in [0.4, 0.5) is 0 Å². The Labute approximate surface area is 133 Å². The van der Waals surface area contributed by atoms with Crippen LogP contribution < -0.4 is 4.72 Å². The molecule has 1 aromatic rings. The summed E-state index contributed by atoms with van der Waals surface area (Å²) in [6.45, 7) is 0.622. The maximum absolute atomic E-state index is 12.5. The first kappa shape index (κ1) is 16.9. The van der Waals surface area contributed by atoms with E-state index in [1.165, 1.54) is 4.31 Å². The van der Waals surface area contributed by atoms with Gasteiger partial charge in [0.05, 0.1) is 11.2 Å². The standard InChI is InChI=1S/C12H17BrN2O4S2/c1-20(16,17)14-11-6-8-15(9-7-11)21(18,19)12-4-2-10(13)3-5-12/h2-5,11,14H,6-9H2,1H3. The molecule has 0 atom stereocenters. The maximum Gasteiger partial charge on any atom is 0.243 e. The minimum atomic E-state index is -3.51. The van der Waals surface area contributed by atoms with Crippen molar-refractivity contribution in [3.8, 4) is 0 Å². The van der Waals surface area contributed by atoms with Crippen molar-refractivity contribution in [1.29, 1.82) is 0 Å². The van der Waals surface area contributed by atoms with Crippen LogP contribution in [0.15, 0.2) is 33.6 Å². The lowest BCUT2D eigenvalue weighted by molar-refractivity contribution is 0.309. The second-order valence-corrected chi connectivity index (χ2v) is 9.66. The SMILES string of the molecule is CS(=O)(=O)NC1CCN(S(=O)(=O)c2ccc(Br)cc2)CC1. The fourth-order valence-corrected chi connectivity index (χ4v) is 4.85. The molecule has 0 amide bonds. The summed E-state index contributed by atoms with van der Waals surface area (Å²) in [5, 5.41) is 0. The van der Waals surface area contributed by atoms with Crippen molar-refractivity contribution >= 4 is 36.0 Å². The number of sulfonamides is 2. The third-order valence-electron chi connectivity index (χ3n) is 3.29. The van der Waals surface area contributed by atoms with Crippen LogP contribution in [0.25, 0.3) is 0 Å². The van der Waals surface area contributed by atoms with Crippen molar-refractivity contribution in [3.05, 3.63) is 28.7 Å². The third kappa shape index (κ3) is 4.49. The van der Waals surface area contributed by atoms with E-state index in [1.807, 2.05) is 0 Å². The zero-order valence-corrected chi connectivity index (χ0v) is 14.7. The summed E-state index contributed by atoms with van der Waals surface area (Å²) in [7, 11) is -6.77. The van der Waals surface area contributed by atoms with E-state index in [0.29, 0.717) is 25.9 Å². The van der Waals surface area contributed by atoms with Gasteiger partial charge in [-0.25, -0.2) is 21.6 Å². The summed E-state index contributed by atoms with van der Waals surface area (Å²) in [5.74, 6) is 0. The monoisotopic (exact) mass is 396 g/mol. The number of nitrogens with zero attached hydrogens (tertiary/aromatic N) is 1. The Morgan fingerprint density at radius 2 is 1.62 bits per heavy atom. The number of hydrogen-bond acceptors (Lipinski definition) is 4. The number of benzene rings is 1. The molecular formula is C12H17BrN2O4S2. The average molecular weight is 397 g/mol. The molecule has 6 nitrogen and oxygen atoms in total. The van der Waals surface area contributed by atoms with Gasteiger partial charge in [-0.1, -0.05) is 15.9 Å². The minimum absolute atomic E-state index is 0.198. The summed E-state index contributed by atoms with van der Waals surface area (Å²) in [5.41, 5.74) is 0. The van der Waals surface area contributed by atoms with Gasteiger partial charge in [0.2, 0.25) is 20.0 Å². The van der Waals surface area contributed by atoms with Gasteiger partial charge in [0.1, 0.15) is 0 Å². The number of hydrogen-bond donors (Lipinski definition) is 1. The first-order chi connectivity index (χ1) is 9.68. The van der Waals surface area contributed by atoms with Crippen LogP contribution >= 0.6 is 15.9 Å². The fourth-order valence-electron chi connectivity index (χ4n) is 2.27. The molecule has 1 aliphatic rings.